The molecule has 0 atom stereocenters. The van der Waals surface area contributed by atoms with E-state index < -0.39 is 17.6 Å². The highest BCUT2D eigenvalue weighted by Gasteiger charge is 2.35. The van der Waals surface area contributed by atoms with Crippen molar-refractivity contribution in [3.8, 4) is 0 Å². The number of rotatable bonds is 5. The van der Waals surface area contributed by atoms with E-state index in [0.29, 0.717) is 21.4 Å². The fourth-order valence-electron chi connectivity index (χ4n) is 3.32. The topological polar surface area (TPSA) is 66.9 Å². The van der Waals surface area contributed by atoms with Crippen molar-refractivity contribution >= 4 is 39.2 Å². The fraction of sp³-hybridized carbons (Fsp3) is 0.190. The highest BCUT2D eigenvalue weighted by molar-refractivity contribution is 9.10. The number of nitrogens with one attached hydrogen (secondary N) is 2. The standard InChI is InChI=1S/C21H15BrF4N4O/c22-13-3-1-11(16(23)9-13)2-5-18-15(21(24,25)26)10-27-20(30-18)28-14-4-6-17-12(7-14)8-19(31)29-17/h1,3-4,6-7,9-10H,2,5,8H2,(H,29,31)(H,27,28,30). The number of halogens is 5. The van der Waals surface area contributed by atoms with Crippen LogP contribution in [-0.2, 0) is 30.2 Å². The summed E-state index contributed by atoms with van der Waals surface area (Å²) in [5, 5.41) is 5.58. The van der Waals surface area contributed by atoms with Crippen LogP contribution in [0.4, 0.5) is 34.9 Å². The Morgan fingerprint density at radius 2 is 1.94 bits per heavy atom. The molecule has 0 spiro atoms. The largest absolute Gasteiger partial charge is 0.419 e. The van der Waals surface area contributed by atoms with Gasteiger partial charge in [-0.2, -0.15) is 13.2 Å². The molecule has 1 amide bonds. The average Bonchev–Trinajstić information content (AvgIpc) is 3.06. The van der Waals surface area contributed by atoms with Crippen LogP contribution in [0.3, 0.4) is 0 Å². The van der Waals surface area contributed by atoms with Crippen molar-refractivity contribution in [1.29, 1.82) is 0 Å². The number of fused-ring (bicyclic) bond motifs is 1. The molecule has 0 aliphatic carbocycles. The molecule has 0 saturated carbocycles. The van der Waals surface area contributed by atoms with E-state index in [-0.39, 0.29) is 36.8 Å². The van der Waals surface area contributed by atoms with Gasteiger partial charge in [0.25, 0.3) is 0 Å². The van der Waals surface area contributed by atoms with E-state index in [4.69, 9.17) is 0 Å². The Hall–Kier alpha value is -3.01. The van der Waals surface area contributed by atoms with Crippen LogP contribution in [0.25, 0.3) is 0 Å². The maximum absolute atomic E-state index is 14.1. The van der Waals surface area contributed by atoms with Crippen LogP contribution in [-0.4, -0.2) is 15.9 Å². The van der Waals surface area contributed by atoms with Gasteiger partial charge >= 0.3 is 6.18 Å². The number of carbonyl (C=O) groups is 1. The van der Waals surface area contributed by atoms with Gasteiger partial charge in [0.15, 0.2) is 0 Å². The summed E-state index contributed by atoms with van der Waals surface area (Å²) < 4.78 is 54.9. The van der Waals surface area contributed by atoms with Gasteiger partial charge in [-0.3, -0.25) is 4.79 Å². The number of aryl methyl sites for hydroxylation is 2. The number of hydrogen-bond donors (Lipinski definition) is 2. The van der Waals surface area contributed by atoms with Gasteiger partial charge in [-0.05, 0) is 54.3 Å². The van der Waals surface area contributed by atoms with E-state index in [9.17, 15) is 22.4 Å². The number of benzene rings is 2. The fourth-order valence-corrected chi connectivity index (χ4v) is 3.65. The first-order chi connectivity index (χ1) is 14.7. The molecule has 1 aliphatic heterocycles. The molecule has 0 radical (unpaired) electrons. The zero-order chi connectivity index (χ0) is 22.2. The van der Waals surface area contributed by atoms with Gasteiger partial charge in [0.05, 0.1) is 17.7 Å². The normalized spacial score (nSPS) is 13.1. The number of alkyl halides is 3. The molecule has 0 bridgehead atoms. The number of anilines is 3. The summed E-state index contributed by atoms with van der Waals surface area (Å²) in [5.74, 6) is -0.645. The molecule has 0 saturated heterocycles. The second-order valence-corrected chi connectivity index (χ2v) is 7.93. The summed E-state index contributed by atoms with van der Waals surface area (Å²) in [5.41, 5.74) is 1.11. The predicted molar refractivity (Wildman–Crippen MR) is 111 cm³/mol. The summed E-state index contributed by atoms with van der Waals surface area (Å²) in [4.78, 5) is 19.3. The van der Waals surface area contributed by atoms with Crippen LogP contribution in [0.1, 0.15) is 22.4 Å². The average molecular weight is 495 g/mol. The molecule has 2 heterocycles. The molecule has 3 aromatic rings. The van der Waals surface area contributed by atoms with E-state index in [0.717, 1.165) is 11.8 Å². The quantitative estimate of drug-likeness (QED) is 0.464. The van der Waals surface area contributed by atoms with Crippen LogP contribution < -0.4 is 10.6 Å². The second kappa shape index (κ2) is 8.26. The summed E-state index contributed by atoms with van der Waals surface area (Å²) in [7, 11) is 0. The van der Waals surface area contributed by atoms with Crippen LogP contribution in [0.5, 0.6) is 0 Å². The van der Waals surface area contributed by atoms with Gasteiger partial charge in [-0.15, -0.1) is 0 Å². The highest BCUT2D eigenvalue weighted by atomic mass is 79.9. The minimum Gasteiger partial charge on any atom is -0.326 e. The van der Waals surface area contributed by atoms with Gasteiger partial charge in [-0.1, -0.05) is 22.0 Å². The van der Waals surface area contributed by atoms with Crippen molar-refractivity contribution < 1.29 is 22.4 Å². The smallest absolute Gasteiger partial charge is 0.326 e. The zero-order valence-electron chi connectivity index (χ0n) is 15.9. The number of amides is 1. The predicted octanol–water partition coefficient (Wildman–Crippen LogP) is 5.42. The van der Waals surface area contributed by atoms with Crippen molar-refractivity contribution in [2.75, 3.05) is 10.6 Å². The van der Waals surface area contributed by atoms with Crippen molar-refractivity contribution in [2.45, 2.75) is 25.4 Å². The third-order valence-electron chi connectivity index (χ3n) is 4.81. The Bertz CT molecular complexity index is 1170. The Kier molecular flexibility index (Phi) is 5.65. The molecule has 0 unspecified atom stereocenters. The number of carbonyl (C=O) groups excluding carboxylic acids is 1. The van der Waals surface area contributed by atoms with E-state index in [1.54, 1.807) is 24.3 Å². The highest BCUT2D eigenvalue weighted by Crippen LogP contribution is 2.33. The van der Waals surface area contributed by atoms with E-state index in [1.807, 2.05) is 0 Å². The Balaban J connectivity index is 1.59. The summed E-state index contributed by atoms with van der Waals surface area (Å²) in [6, 6.07) is 9.49. The van der Waals surface area contributed by atoms with Crippen molar-refractivity contribution in [2.24, 2.45) is 0 Å². The lowest BCUT2D eigenvalue weighted by atomic mass is 10.0. The third kappa shape index (κ3) is 4.84. The second-order valence-electron chi connectivity index (χ2n) is 7.01. The number of nitrogens with zero attached hydrogens (tertiary/aromatic N) is 2. The monoisotopic (exact) mass is 494 g/mol. The summed E-state index contributed by atoms with van der Waals surface area (Å²) in [6.45, 7) is 0. The molecule has 5 nitrogen and oxygen atoms in total. The van der Waals surface area contributed by atoms with Crippen LogP contribution in [0.15, 0.2) is 47.1 Å². The van der Waals surface area contributed by atoms with Gasteiger partial charge in [-0.25, -0.2) is 14.4 Å². The Morgan fingerprint density at radius 1 is 1.13 bits per heavy atom. The molecule has 2 N–H and O–H groups in total. The molecule has 1 aromatic heterocycles. The maximum atomic E-state index is 14.1. The van der Waals surface area contributed by atoms with Crippen LogP contribution in [0.2, 0.25) is 0 Å². The maximum Gasteiger partial charge on any atom is 0.419 e. The van der Waals surface area contributed by atoms with Crippen LogP contribution >= 0.6 is 15.9 Å². The van der Waals surface area contributed by atoms with Crippen molar-refractivity contribution in [1.82, 2.24) is 9.97 Å². The van der Waals surface area contributed by atoms with Gasteiger partial charge in [0.1, 0.15) is 5.82 Å². The SMILES string of the molecule is O=C1Cc2cc(Nc3ncc(C(F)(F)F)c(CCc4ccc(Br)cc4F)n3)ccc2N1. The summed E-state index contributed by atoms with van der Waals surface area (Å²) in [6.07, 6.45) is -3.76. The molecule has 10 heteroatoms. The van der Waals surface area contributed by atoms with Crippen molar-refractivity contribution in [3.05, 3.63) is 75.3 Å². The molecule has 160 valence electrons. The van der Waals surface area contributed by atoms with Gasteiger partial charge in [0.2, 0.25) is 11.9 Å². The first-order valence-electron chi connectivity index (χ1n) is 9.26. The Morgan fingerprint density at radius 3 is 2.68 bits per heavy atom. The lowest BCUT2D eigenvalue weighted by Gasteiger charge is -2.14. The van der Waals surface area contributed by atoms with Crippen molar-refractivity contribution in [3.63, 3.8) is 0 Å². The minimum atomic E-state index is -4.63. The van der Waals surface area contributed by atoms with E-state index in [2.05, 4.69) is 36.5 Å². The lowest BCUT2D eigenvalue weighted by molar-refractivity contribution is -0.138. The minimum absolute atomic E-state index is 0.0171. The molecular formula is C21H15BrF4N4O. The van der Waals surface area contributed by atoms with E-state index in [1.165, 1.54) is 12.1 Å². The zero-order valence-corrected chi connectivity index (χ0v) is 17.4. The molecule has 31 heavy (non-hydrogen) atoms. The molecule has 2 aromatic carbocycles. The Labute approximate surface area is 183 Å². The number of hydrogen-bond acceptors (Lipinski definition) is 4. The molecule has 4 rings (SSSR count). The summed E-state index contributed by atoms with van der Waals surface area (Å²) >= 11 is 3.15. The van der Waals surface area contributed by atoms with Gasteiger partial charge in [0, 0.05) is 22.0 Å². The van der Waals surface area contributed by atoms with Gasteiger partial charge < -0.3 is 10.6 Å². The number of aromatic nitrogens is 2. The lowest BCUT2D eigenvalue weighted by Crippen LogP contribution is -2.14. The molecule has 0 fully saturated rings. The molecular weight excluding hydrogens is 480 g/mol. The molecule has 1 aliphatic rings. The first kappa shape index (κ1) is 21.2. The van der Waals surface area contributed by atoms with E-state index >= 15 is 0 Å². The van der Waals surface area contributed by atoms with Crippen LogP contribution in [0, 0.1) is 5.82 Å². The first-order valence-corrected chi connectivity index (χ1v) is 10.1. The third-order valence-corrected chi connectivity index (χ3v) is 5.30.